The number of nitrogens with zero attached hydrogens (tertiary/aromatic N) is 1. The molecule has 2 rings (SSSR count). The lowest BCUT2D eigenvalue weighted by atomic mass is 10.0. The van der Waals surface area contributed by atoms with Crippen molar-refractivity contribution >= 4 is 17.5 Å². The first-order valence-corrected chi connectivity index (χ1v) is 6.61. The molecule has 0 saturated carbocycles. The van der Waals surface area contributed by atoms with Crippen LogP contribution in [0.1, 0.15) is 18.4 Å². The molecule has 0 radical (unpaired) electrons. The van der Waals surface area contributed by atoms with Crippen LogP contribution < -0.4 is 5.43 Å². The molecule has 7 heteroatoms. The van der Waals surface area contributed by atoms with Gasteiger partial charge in [0.2, 0.25) is 5.91 Å². The Bertz CT molecular complexity index is 493. The third-order valence-electron chi connectivity index (χ3n) is 3.20. The Morgan fingerprint density at radius 2 is 2.15 bits per heavy atom. The molecule has 3 nitrogen and oxygen atoms in total. The van der Waals surface area contributed by atoms with Gasteiger partial charge in [-0.05, 0) is 30.5 Å². The van der Waals surface area contributed by atoms with E-state index in [-0.39, 0.29) is 31.7 Å². The third-order valence-corrected chi connectivity index (χ3v) is 3.43. The standard InChI is InChI=1S/C13H14ClF3N2O/c14-10-3-1-2-9(8-10)4-5-11(13(15,16)17)19-7-6-12(20)18-19/h1-3,8,11H,4-7H2,(H,18,20)/t11-/m0/s1. The highest BCUT2D eigenvalue weighted by atomic mass is 35.5. The van der Waals surface area contributed by atoms with E-state index >= 15 is 0 Å². The zero-order valence-electron chi connectivity index (χ0n) is 10.6. The van der Waals surface area contributed by atoms with Crippen molar-refractivity contribution in [2.24, 2.45) is 0 Å². The monoisotopic (exact) mass is 306 g/mol. The lowest BCUT2D eigenvalue weighted by molar-refractivity contribution is -0.189. The number of rotatable bonds is 4. The van der Waals surface area contributed by atoms with Gasteiger partial charge in [-0.1, -0.05) is 23.7 Å². The van der Waals surface area contributed by atoms with Gasteiger partial charge in [0.25, 0.3) is 0 Å². The Balaban J connectivity index is 2.03. The highest BCUT2D eigenvalue weighted by Crippen LogP contribution is 2.29. The first-order chi connectivity index (χ1) is 9.36. The number of aryl methyl sites for hydroxylation is 1. The molecule has 1 atom stereocenters. The Hall–Kier alpha value is -1.27. The number of hydrogen-bond acceptors (Lipinski definition) is 2. The molecule has 1 heterocycles. The van der Waals surface area contributed by atoms with E-state index < -0.39 is 12.2 Å². The number of alkyl halides is 3. The van der Waals surface area contributed by atoms with Gasteiger partial charge in [-0.15, -0.1) is 0 Å². The fourth-order valence-corrected chi connectivity index (χ4v) is 2.43. The van der Waals surface area contributed by atoms with E-state index in [0.29, 0.717) is 5.02 Å². The summed E-state index contributed by atoms with van der Waals surface area (Å²) in [5.41, 5.74) is 3.00. The molecule has 1 aromatic carbocycles. The van der Waals surface area contributed by atoms with Crippen molar-refractivity contribution in [1.29, 1.82) is 0 Å². The van der Waals surface area contributed by atoms with Crippen molar-refractivity contribution in [3.05, 3.63) is 34.9 Å². The van der Waals surface area contributed by atoms with Crippen LogP contribution in [0.15, 0.2) is 24.3 Å². The summed E-state index contributed by atoms with van der Waals surface area (Å²) in [6, 6.07) is 5.09. The van der Waals surface area contributed by atoms with Crippen LogP contribution >= 0.6 is 11.6 Å². The van der Waals surface area contributed by atoms with Gasteiger partial charge in [-0.3, -0.25) is 10.2 Å². The molecule has 20 heavy (non-hydrogen) atoms. The summed E-state index contributed by atoms with van der Waals surface area (Å²) >= 11 is 5.81. The first-order valence-electron chi connectivity index (χ1n) is 6.23. The predicted molar refractivity (Wildman–Crippen MR) is 69.1 cm³/mol. The molecule has 1 aliphatic rings. The van der Waals surface area contributed by atoms with Gasteiger partial charge in [0.15, 0.2) is 0 Å². The summed E-state index contributed by atoms with van der Waals surface area (Å²) in [7, 11) is 0. The van der Waals surface area contributed by atoms with Crippen molar-refractivity contribution in [2.75, 3.05) is 6.54 Å². The quantitative estimate of drug-likeness (QED) is 0.927. The van der Waals surface area contributed by atoms with Crippen LogP contribution in [0.4, 0.5) is 13.2 Å². The topological polar surface area (TPSA) is 32.3 Å². The zero-order valence-corrected chi connectivity index (χ0v) is 11.3. The minimum atomic E-state index is -4.38. The van der Waals surface area contributed by atoms with Gasteiger partial charge in [-0.25, -0.2) is 5.01 Å². The smallest absolute Gasteiger partial charge is 0.288 e. The van der Waals surface area contributed by atoms with Gasteiger partial charge in [0.1, 0.15) is 6.04 Å². The molecular weight excluding hydrogens is 293 g/mol. The minimum absolute atomic E-state index is 0.0819. The zero-order chi connectivity index (χ0) is 14.8. The van der Waals surface area contributed by atoms with Crippen LogP contribution in [0.5, 0.6) is 0 Å². The molecule has 1 aromatic rings. The van der Waals surface area contributed by atoms with E-state index in [0.717, 1.165) is 10.6 Å². The van der Waals surface area contributed by atoms with Crippen LogP contribution in [-0.2, 0) is 11.2 Å². The largest absolute Gasteiger partial charge is 0.405 e. The second-order valence-electron chi connectivity index (χ2n) is 4.70. The molecule has 0 aromatic heterocycles. The fourth-order valence-electron chi connectivity index (χ4n) is 2.22. The van der Waals surface area contributed by atoms with Crippen molar-refractivity contribution in [3.63, 3.8) is 0 Å². The summed E-state index contributed by atoms with van der Waals surface area (Å²) < 4.78 is 39.2. The maximum atomic E-state index is 13.1. The van der Waals surface area contributed by atoms with Gasteiger partial charge in [0.05, 0.1) is 0 Å². The molecule has 1 aliphatic heterocycles. The molecule has 0 spiro atoms. The van der Waals surface area contributed by atoms with Crippen molar-refractivity contribution in [2.45, 2.75) is 31.5 Å². The SMILES string of the molecule is O=C1CCN([C@@H](CCc2cccc(Cl)c2)C(F)(F)F)N1. The number of carbonyl (C=O) groups excluding carboxylic acids is 1. The Morgan fingerprint density at radius 3 is 2.70 bits per heavy atom. The molecule has 1 fully saturated rings. The lowest BCUT2D eigenvalue weighted by Gasteiger charge is -2.28. The molecular formula is C13H14ClF3N2O. The van der Waals surface area contributed by atoms with Crippen LogP contribution in [0.3, 0.4) is 0 Å². The van der Waals surface area contributed by atoms with Gasteiger partial charge < -0.3 is 0 Å². The number of carbonyl (C=O) groups is 1. The van der Waals surface area contributed by atoms with Crippen molar-refractivity contribution in [1.82, 2.24) is 10.4 Å². The number of nitrogens with one attached hydrogen (secondary N) is 1. The molecule has 1 N–H and O–H groups in total. The summed E-state index contributed by atoms with van der Waals surface area (Å²) in [5, 5.41) is 1.48. The van der Waals surface area contributed by atoms with Gasteiger partial charge in [0, 0.05) is 18.0 Å². The van der Waals surface area contributed by atoms with Crippen LogP contribution in [0.25, 0.3) is 0 Å². The lowest BCUT2D eigenvalue weighted by Crippen LogP contribution is -2.50. The van der Waals surface area contributed by atoms with Crippen LogP contribution in [-0.4, -0.2) is 29.7 Å². The third kappa shape index (κ3) is 3.86. The van der Waals surface area contributed by atoms with E-state index in [1.54, 1.807) is 24.3 Å². The predicted octanol–water partition coefficient (Wildman–Crippen LogP) is 2.94. The highest BCUT2D eigenvalue weighted by molar-refractivity contribution is 6.30. The average molecular weight is 307 g/mol. The summed E-state index contributed by atoms with van der Waals surface area (Å²) in [4.78, 5) is 11.1. The Kier molecular flexibility index (Phi) is 4.55. The van der Waals surface area contributed by atoms with E-state index in [2.05, 4.69) is 5.43 Å². The summed E-state index contributed by atoms with van der Waals surface area (Å²) in [6.45, 7) is 0.0819. The molecule has 0 aliphatic carbocycles. The molecule has 1 saturated heterocycles. The average Bonchev–Trinajstić information content (AvgIpc) is 2.74. The molecule has 0 bridgehead atoms. The van der Waals surface area contributed by atoms with Crippen LogP contribution in [0.2, 0.25) is 5.02 Å². The molecule has 1 amide bonds. The summed E-state index contributed by atoms with van der Waals surface area (Å²) in [5.74, 6) is -0.373. The van der Waals surface area contributed by atoms with E-state index in [9.17, 15) is 18.0 Å². The molecule has 0 unspecified atom stereocenters. The fraction of sp³-hybridized carbons (Fsp3) is 0.462. The number of hydrogen-bond donors (Lipinski definition) is 1. The van der Waals surface area contributed by atoms with Crippen LogP contribution in [0, 0.1) is 0 Å². The van der Waals surface area contributed by atoms with E-state index in [4.69, 9.17) is 11.6 Å². The van der Waals surface area contributed by atoms with Crippen molar-refractivity contribution in [3.8, 4) is 0 Å². The number of hydrazine groups is 1. The number of amides is 1. The van der Waals surface area contributed by atoms with Crippen molar-refractivity contribution < 1.29 is 18.0 Å². The van der Waals surface area contributed by atoms with Gasteiger partial charge >= 0.3 is 6.18 Å². The van der Waals surface area contributed by atoms with E-state index in [1.165, 1.54) is 0 Å². The molecule has 110 valence electrons. The van der Waals surface area contributed by atoms with E-state index in [1.807, 2.05) is 0 Å². The summed E-state index contributed by atoms with van der Waals surface area (Å²) in [6.07, 6.45) is -4.15. The second kappa shape index (κ2) is 6.01. The number of halogens is 4. The Labute approximate surface area is 119 Å². The maximum absolute atomic E-state index is 13.1. The minimum Gasteiger partial charge on any atom is -0.288 e. The highest BCUT2D eigenvalue weighted by Gasteiger charge is 2.45. The second-order valence-corrected chi connectivity index (χ2v) is 5.14. The normalized spacial score (nSPS) is 18.1. The number of benzene rings is 1. The Morgan fingerprint density at radius 1 is 1.40 bits per heavy atom. The first kappa shape index (κ1) is 15.1. The van der Waals surface area contributed by atoms with Gasteiger partial charge in [-0.2, -0.15) is 13.2 Å². The maximum Gasteiger partial charge on any atom is 0.405 e.